The highest BCUT2D eigenvalue weighted by Gasteiger charge is 2.63. The van der Waals surface area contributed by atoms with Gasteiger partial charge in [-0.1, -0.05) is 51.8 Å². The van der Waals surface area contributed by atoms with Gasteiger partial charge in [0.1, 0.15) is 0 Å². The van der Waals surface area contributed by atoms with Crippen LogP contribution in [0.5, 0.6) is 0 Å². The molecule has 216 valence electrons. The summed E-state index contributed by atoms with van der Waals surface area (Å²) in [6.45, 7) is 22.0. The Hall–Kier alpha value is -2.82. The Balaban J connectivity index is 1.95. The number of benzene rings is 1. The van der Waals surface area contributed by atoms with E-state index < -0.39 is 16.2 Å². The zero-order chi connectivity index (χ0) is 30.1. The van der Waals surface area contributed by atoms with E-state index >= 15 is 0 Å². The van der Waals surface area contributed by atoms with Crippen LogP contribution >= 0.6 is 0 Å². The third kappa shape index (κ3) is 4.18. The zero-order valence-electron chi connectivity index (χ0n) is 26.3. The monoisotopic (exact) mass is 546 g/mol. The smallest absolute Gasteiger partial charge is 0.308 e. The standard InChI is InChI=1S/C35H46O5/c1-12-40-32(39)19(4)13-24-14-25(18(2)3)26-16-33(9)17-34(10)15-20(5)27(23(8)36)31(38)35(34,11)22(7)29(33)30(37)28(26)21(24)6/h14,18-19H,12-13,15-17H2,1-11H3. The van der Waals surface area contributed by atoms with Gasteiger partial charge in [-0.2, -0.15) is 0 Å². The van der Waals surface area contributed by atoms with Crippen LogP contribution in [0.15, 0.2) is 28.4 Å². The van der Waals surface area contributed by atoms with Crippen molar-refractivity contribution in [2.24, 2.45) is 22.2 Å². The van der Waals surface area contributed by atoms with Crippen LogP contribution in [0.1, 0.15) is 121 Å². The van der Waals surface area contributed by atoms with Gasteiger partial charge in [0.25, 0.3) is 0 Å². The summed E-state index contributed by atoms with van der Waals surface area (Å²) < 4.78 is 5.27. The van der Waals surface area contributed by atoms with Crippen LogP contribution in [-0.4, -0.2) is 29.9 Å². The lowest BCUT2D eigenvalue weighted by Gasteiger charge is -2.59. The second-order valence-corrected chi connectivity index (χ2v) is 13.8. The average Bonchev–Trinajstić information content (AvgIpc) is 2.82. The van der Waals surface area contributed by atoms with Crippen molar-refractivity contribution < 1.29 is 23.9 Å². The molecule has 0 N–H and O–H groups in total. The van der Waals surface area contributed by atoms with Gasteiger partial charge in [-0.3, -0.25) is 19.2 Å². The molecular formula is C35H46O5. The van der Waals surface area contributed by atoms with Crippen molar-refractivity contribution in [2.45, 2.75) is 108 Å². The Morgan fingerprint density at radius 1 is 1.02 bits per heavy atom. The van der Waals surface area contributed by atoms with E-state index in [9.17, 15) is 19.2 Å². The Morgan fingerprint density at radius 2 is 1.65 bits per heavy atom. The highest BCUT2D eigenvalue weighted by Crippen LogP contribution is 2.66. The Morgan fingerprint density at radius 3 is 2.20 bits per heavy atom. The van der Waals surface area contributed by atoms with Gasteiger partial charge in [0.2, 0.25) is 0 Å². The van der Waals surface area contributed by atoms with Crippen molar-refractivity contribution in [1.29, 1.82) is 0 Å². The van der Waals surface area contributed by atoms with Gasteiger partial charge in [0.15, 0.2) is 17.3 Å². The molecule has 4 unspecified atom stereocenters. The lowest BCUT2D eigenvalue weighted by Crippen LogP contribution is -2.57. The fourth-order valence-corrected chi connectivity index (χ4v) is 8.49. The molecule has 0 radical (unpaired) electrons. The normalized spacial score (nSPS) is 28.8. The minimum absolute atomic E-state index is 0.00184. The average molecular weight is 547 g/mol. The van der Waals surface area contributed by atoms with Gasteiger partial charge in [-0.05, 0) is 101 Å². The summed E-state index contributed by atoms with van der Waals surface area (Å²) in [6, 6.07) is 2.21. The van der Waals surface area contributed by atoms with Gasteiger partial charge >= 0.3 is 5.97 Å². The molecule has 5 heteroatoms. The molecule has 0 spiro atoms. The lowest BCUT2D eigenvalue weighted by molar-refractivity contribution is -0.147. The molecule has 0 heterocycles. The highest BCUT2D eigenvalue weighted by molar-refractivity contribution is 6.24. The lowest BCUT2D eigenvalue weighted by atomic mass is 9.42. The number of hydrogen-bond acceptors (Lipinski definition) is 5. The molecule has 0 amide bonds. The van der Waals surface area contributed by atoms with E-state index in [1.165, 1.54) is 6.92 Å². The van der Waals surface area contributed by atoms with E-state index in [4.69, 9.17) is 4.74 Å². The summed E-state index contributed by atoms with van der Waals surface area (Å²) in [6.07, 6.45) is 2.58. The Labute approximate surface area is 239 Å². The van der Waals surface area contributed by atoms with Crippen molar-refractivity contribution >= 4 is 23.3 Å². The van der Waals surface area contributed by atoms with Crippen molar-refractivity contribution in [3.05, 3.63) is 56.2 Å². The van der Waals surface area contributed by atoms with E-state index in [0.29, 0.717) is 31.4 Å². The summed E-state index contributed by atoms with van der Waals surface area (Å²) in [4.78, 5) is 53.9. The fraction of sp³-hybridized carbons (Fsp3) is 0.600. The number of hydrogen-bond donors (Lipinski definition) is 0. The first-order valence-corrected chi connectivity index (χ1v) is 14.8. The van der Waals surface area contributed by atoms with Gasteiger partial charge in [0, 0.05) is 16.6 Å². The molecule has 1 aromatic carbocycles. The minimum Gasteiger partial charge on any atom is -0.466 e. The van der Waals surface area contributed by atoms with E-state index in [-0.39, 0.29) is 35.2 Å². The number of carbonyl (C=O) groups excluding carboxylic acids is 4. The molecule has 0 bridgehead atoms. The van der Waals surface area contributed by atoms with Crippen LogP contribution in [0.4, 0.5) is 0 Å². The van der Waals surface area contributed by atoms with Crippen LogP contribution in [0.2, 0.25) is 0 Å². The molecule has 5 nitrogen and oxygen atoms in total. The zero-order valence-corrected chi connectivity index (χ0v) is 26.3. The summed E-state index contributed by atoms with van der Waals surface area (Å²) >= 11 is 0. The minimum atomic E-state index is -0.930. The third-order valence-corrected chi connectivity index (χ3v) is 10.5. The number of ether oxygens (including phenoxy) is 1. The second-order valence-electron chi connectivity index (χ2n) is 13.8. The Kier molecular flexibility index (Phi) is 7.48. The summed E-state index contributed by atoms with van der Waals surface area (Å²) in [7, 11) is 0. The van der Waals surface area contributed by atoms with Crippen LogP contribution in [0, 0.1) is 29.1 Å². The summed E-state index contributed by atoms with van der Waals surface area (Å²) in [5.41, 5.74) is 5.87. The van der Waals surface area contributed by atoms with Gasteiger partial charge in [0.05, 0.1) is 23.5 Å². The molecule has 3 aliphatic carbocycles. The predicted molar refractivity (Wildman–Crippen MR) is 157 cm³/mol. The number of esters is 1. The second kappa shape index (κ2) is 9.92. The molecular weight excluding hydrogens is 500 g/mol. The highest BCUT2D eigenvalue weighted by atomic mass is 16.5. The van der Waals surface area contributed by atoms with Crippen molar-refractivity contribution in [3.63, 3.8) is 0 Å². The van der Waals surface area contributed by atoms with Crippen LogP contribution < -0.4 is 0 Å². The molecule has 4 rings (SSSR count). The first kappa shape index (κ1) is 30.1. The predicted octanol–water partition coefficient (Wildman–Crippen LogP) is 7.22. The molecule has 1 aromatic rings. The molecule has 40 heavy (non-hydrogen) atoms. The van der Waals surface area contributed by atoms with Crippen molar-refractivity contribution in [1.82, 2.24) is 0 Å². The maximum absolute atomic E-state index is 14.7. The van der Waals surface area contributed by atoms with Crippen molar-refractivity contribution in [3.8, 4) is 0 Å². The fourth-order valence-electron chi connectivity index (χ4n) is 8.49. The molecule has 0 saturated heterocycles. The van der Waals surface area contributed by atoms with Gasteiger partial charge < -0.3 is 4.74 Å². The van der Waals surface area contributed by atoms with Crippen LogP contribution in [0.3, 0.4) is 0 Å². The molecule has 0 fully saturated rings. The van der Waals surface area contributed by atoms with E-state index in [1.54, 1.807) is 6.92 Å². The molecule has 0 saturated carbocycles. The first-order valence-electron chi connectivity index (χ1n) is 14.8. The quantitative estimate of drug-likeness (QED) is 0.278. The van der Waals surface area contributed by atoms with E-state index in [0.717, 1.165) is 51.0 Å². The SMILES string of the molecule is CCOC(=O)C(C)Cc1cc(C(C)C)c2c(c1C)C(=O)C1=C(C)C3(C)C(=O)C(C(C)=O)=C(C)CC3(C)CC1(C)C2. The number of carbonyl (C=O) groups is 4. The molecule has 4 atom stereocenters. The molecule has 3 aliphatic rings. The third-order valence-electron chi connectivity index (χ3n) is 10.5. The number of allylic oxidation sites excluding steroid dienone is 4. The summed E-state index contributed by atoms with van der Waals surface area (Å²) in [5.74, 6) is -0.696. The van der Waals surface area contributed by atoms with E-state index in [1.807, 2.05) is 34.6 Å². The molecule has 0 aromatic heterocycles. The van der Waals surface area contributed by atoms with Crippen molar-refractivity contribution in [2.75, 3.05) is 6.61 Å². The molecule has 0 aliphatic heterocycles. The van der Waals surface area contributed by atoms with Gasteiger partial charge in [-0.15, -0.1) is 0 Å². The number of rotatable bonds is 6. The Bertz CT molecular complexity index is 1400. The number of Topliss-reactive ketones (excluding diaryl/α,β-unsaturated/α-hetero) is 3. The number of fused-ring (bicyclic) bond motifs is 3. The summed E-state index contributed by atoms with van der Waals surface area (Å²) in [5, 5.41) is 0. The van der Waals surface area contributed by atoms with Gasteiger partial charge in [-0.25, -0.2) is 0 Å². The van der Waals surface area contributed by atoms with E-state index in [2.05, 4.69) is 33.8 Å². The topological polar surface area (TPSA) is 77.5 Å². The number of ketones is 3. The largest absolute Gasteiger partial charge is 0.466 e. The van der Waals surface area contributed by atoms with Crippen LogP contribution in [-0.2, 0) is 32.0 Å². The maximum Gasteiger partial charge on any atom is 0.308 e. The van der Waals surface area contributed by atoms with Crippen LogP contribution in [0.25, 0.3) is 0 Å². The maximum atomic E-state index is 14.7. The first-order chi connectivity index (χ1) is 18.4.